The third-order valence-corrected chi connectivity index (χ3v) is 2.84. The lowest BCUT2D eigenvalue weighted by atomic mass is 10.0. The zero-order valence-corrected chi connectivity index (χ0v) is 10.3. The molecule has 2 nitrogen and oxygen atoms in total. The van der Waals surface area contributed by atoms with E-state index in [1.54, 1.807) is 12.3 Å². The molecule has 0 fully saturated rings. The van der Waals surface area contributed by atoms with Crippen LogP contribution < -0.4 is 5.73 Å². The fourth-order valence-corrected chi connectivity index (χ4v) is 1.75. The van der Waals surface area contributed by atoms with Crippen molar-refractivity contribution in [3.05, 3.63) is 64.7 Å². The van der Waals surface area contributed by atoms with E-state index >= 15 is 0 Å². The van der Waals surface area contributed by atoms with Crippen molar-refractivity contribution in [2.75, 3.05) is 0 Å². The molecule has 0 aliphatic carbocycles. The Hall–Kier alpha value is -1.88. The number of nitrogens with zero attached hydrogens (tertiary/aromatic N) is 1. The van der Waals surface area contributed by atoms with Gasteiger partial charge >= 0.3 is 0 Å². The lowest BCUT2D eigenvalue weighted by Gasteiger charge is -2.12. The third-order valence-electron chi connectivity index (χ3n) is 2.84. The normalized spacial score (nSPS) is 12.5. The Balaban J connectivity index is 2.20. The van der Waals surface area contributed by atoms with Gasteiger partial charge in [-0.25, -0.2) is 13.2 Å². The lowest BCUT2D eigenvalue weighted by molar-refractivity contribution is 0.443. The van der Waals surface area contributed by atoms with Gasteiger partial charge in [0.15, 0.2) is 17.5 Å². The number of hydrogen-bond donors (Lipinski definition) is 1. The molecule has 19 heavy (non-hydrogen) atoms. The minimum Gasteiger partial charge on any atom is -0.324 e. The molecule has 0 saturated carbocycles. The molecule has 1 heterocycles. The molecule has 1 aromatic heterocycles. The van der Waals surface area contributed by atoms with Gasteiger partial charge in [0.25, 0.3) is 0 Å². The van der Waals surface area contributed by atoms with E-state index in [0.717, 1.165) is 17.7 Å². The summed E-state index contributed by atoms with van der Waals surface area (Å²) >= 11 is 0. The highest BCUT2D eigenvalue weighted by atomic mass is 19.2. The Morgan fingerprint density at radius 3 is 2.32 bits per heavy atom. The first kappa shape index (κ1) is 13.5. The lowest BCUT2D eigenvalue weighted by Crippen LogP contribution is -2.15. The van der Waals surface area contributed by atoms with Crippen LogP contribution in [0.25, 0.3) is 0 Å². The first-order chi connectivity index (χ1) is 8.97. The predicted molar refractivity (Wildman–Crippen MR) is 65.9 cm³/mol. The summed E-state index contributed by atoms with van der Waals surface area (Å²) < 4.78 is 39.1. The SMILES string of the molecule is Cc1ccc(CC(N)c2cc(F)c(F)c(F)c2)nc1. The van der Waals surface area contributed by atoms with Gasteiger partial charge in [0, 0.05) is 24.4 Å². The molecule has 5 heteroatoms. The maximum Gasteiger partial charge on any atom is 0.194 e. The molecule has 1 atom stereocenters. The molecule has 2 rings (SSSR count). The van der Waals surface area contributed by atoms with Crippen molar-refractivity contribution < 1.29 is 13.2 Å². The summed E-state index contributed by atoms with van der Waals surface area (Å²) in [5.41, 5.74) is 7.79. The van der Waals surface area contributed by atoms with Crippen molar-refractivity contribution >= 4 is 0 Å². The second kappa shape index (κ2) is 5.40. The maximum absolute atomic E-state index is 13.1. The molecule has 1 unspecified atom stereocenters. The van der Waals surface area contributed by atoms with Crippen molar-refractivity contribution in [2.24, 2.45) is 5.73 Å². The Morgan fingerprint density at radius 2 is 1.79 bits per heavy atom. The second-order valence-electron chi connectivity index (χ2n) is 4.44. The topological polar surface area (TPSA) is 38.9 Å². The number of pyridine rings is 1. The average Bonchev–Trinajstić information content (AvgIpc) is 2.38. The molecule has 0 aliphatic heterocycles. The fraction of sp³-hybridized carbons (Fsp3) is 0.214. The summed E-state index contributed by atoms with van der Waals surface area (Å²) in [6.45, 7) is 1.90. The summed E-state index contributed by atoms with van der Waals surface area (Å²) in [5, 5.41) is 0. The number of benzene rings is 1. The largest absolute Gasteiger partial charge is 0.324 e. The van der Waals surface area contributed by atoms with Crippen molar-refractivity contribution in [3.63, 3.8) is 0 Å². The van der Waals surface area contributed by atoms with Crippen LogP contribution in [0.15, 0.2) is 30.5 Å². The standard InChI is InChI=1S/C14H13F3N2/c1-8-2-3-10(19-7-8)6-13(18)9-4-11(15)14(17)12(16)5-9/h2-5,7,13H,6,18H2,1H3. The van der Waals surface area contributed by atoms with Gasteiger partial charge in [0.2, 0.25) is 0 Å². The summed E-state index contributed by atoms with van der Waals surface area (Å²) in [4.78, 5) is 4.16. The molecule has 0 amide bonds. The molecule has 0 radical (unpaired) electrons. The van der Waals surface area contributed by atoms with Gasteiger partial charge in [-0.05, 0) is 36.2 Å². The maximum atomic E-state index is 13.1. The van der Waals surface area contributed by atoms with Crippen LogP contribution in [0.1, 0.15) is 22.9 Å². The van der Waals surface area contributed by atoms with Crippen LogP contribution in [-0.4, -0.2) is 4.98 Å². The van der Waals surface area contributed by atoms with Crippen LogP contribution in [0.3, 0.4) is 0 Å². The van der Waals surface area contributed by atoms with E-state index in [9.17, 15) is 13.2 Å². The van der Waals surface area contributed by atoms with Crippen LogP contribution in [-0.2, 0) is 6.42 Å². The van der Waals surface area contributed by atoms with E-state index in [1.807, 2.05) is 13.0 Å². The van der Waals surface area contributed by atoms with E-state index in [-0.39, 0.29) is 5.56 Å². The van der Waals surface area contributed by atoms with Gasteiger partial charge in [-0.3, -0.25) is 4.98 Å². The van der Waals surface area contributed by atoms with Crippen LogP contribution >= 0.6 is 0 Å². The first-order valence-electron chi connectivity index (χ1n) is 5.79. The summed E-state index contributed by atoms with van der Waals surface area (Å²) in [5.74, 6) is -3.95. The van der Waals surface area contributed by atoms with Crippen LogP contribution in [0.5, 0.6) is 0 Å². The smallest absolute Gasteiger partial charge is 0.194 e. The Bertz CT molecular complexity index is 559. The van der Waals surface area contributed by atoms with Crippen molar-refractivity contribution in [2.45, 2.75) is 19.4 Å². The monoisotopic (exact) mass is 266 g/mol. The minimum atomic E-state index is -1.48. The summed E-state index contributed by atoms with van der Waals surface area (Å²) in [6.07, 6.45) is 2.01. The molecule has 0 spiro atoms. The quantitative estimate of drug-likeness (QED) is 0.867. The zero-order chi connectivity index (χ0) is 14.0. The number of halogens is 3. The minimum absolute atomic E-state index is 0.207. The van der Waals surface area contributed by atoms with E-state index in [0.29, 0.717) is 12.1 Å². The molecule has 0 bridgehead atoms. The molecule has 2 N–H and O–H groups in total. The third kappa shape index (κ3) is 3.12. The molecule has 2 aromatic rings. The van der Waals surface area contributed by atoms with Gasteiger partial charge in [-0.2, -0.15) is 0 Å². The van der Waals surface area contributed by atoms with E-state index < -0.39 is 23.5 Å². The molecule has 0 saturated heterocycles. The Labute approximate surface area is 109 Å². The number of nitrogens with two attached hydrogens (primary N) is 1. The molecule has 1 aromatic carbocycles. The first-order valence-corrected chi connectivity index (χ1v) is 5.79. The van der Waals surface area contributed by atoms with Crippen molar-refractivity contribution in [3.8, 4) is 0 Å². The highest BCUT2D eigenvalue weighted by Crippen LogP contribution is 2.20. The van der Waals surface area contributed by atoms with Gasteiger partial charge in [-0.1, -0.05) is 6.07 Å². The van der Waals surface area contributed by atoms with Crippen LogP contribution in [0.2, 0.25) is 0 Å². The van der Waals surface area contributed by atoms with Gasteiger partial charge in [0.05, 0.1) is 0 Å². The number of rotatable bonds is 3. The summed E-state index contributed by atoms with van der Waals surface area (Å²) in [7, 11) is 0. The number of aromatic nitrogens is 1. The van der Waals surface area contributed by atoms with Crippen LogP contribution in [0, 0.1) is 24.4 Å². The van der Waals surface area contributed by atoms with Crippen molar-refractivity contribution in [1.29, 1.82) is 0 Å². The van der Waals surface area contributed by atoms with Gasteiger partial charge in [-0.15, -0.1) is 0 Å². The van der Waals surface area contributed by atoms with Gasteiger partial charge in [0.1, 0.15) is 0 Å². The Kier molecular flexibility index (Phi) is 3.85. The number of aryl methyl sites for hydroxylation is 1. The molecule has 100 valence electrons. The zero-order valence-electron chi connectivity index (χ0n) is 10.3. The van der Waals surface area contributed by atoms with Gasteiger partial charge < -0.3 is 5.73 Å². The predicted octanol–water partition coefficient (Wildman–Crippen LogP) is 3.05. The molecular formula is C14H13F3N2. The highest BCUT2D eigenvalue weighted by molar-refractivity contribution is 5.24. The van der Waals surface area contributed by atoms with E-state index in [2.05, 4.69) is 4.98 Å². The Morgan fingerprint density at radius 1 is 1.16 bits per heavy atom. The highest BCUT2D eigenvalue weighted by Gasteiger charge is 2.15. The summed E-state index contributed by atoms with van der Waals surface area (Å²) in [6, 6.07) is 4.86. The average molecular weight is 266 g/mol. The molecule has 0 aliphatic rings. The van der Waals surface area contributed by atoms with E-state index in [4.69, 9.17) is 5.73 Å². The molecular weight excluding hydrogens is 253 g/mol. The van der Waals surface area contributed by atoms with Crippen LogP contribution in [0.4, 0.5) is 13.2 Å². The fourth-order valence-electron chi connectivity index (χ4n) is 1.75. The van der Waals surface area contributed by atoms with E-state index in [1.165, 1.54) is 0 Å². The number of hydrogen-bond acceptors (Lipinski definition) is 2. The second-order valence-corrected chi connectivity index (χ2v) is 4.44. The van der Waals surface area contributed by atoms with Crippen molar-refractivity contribution in [1.82, 2.24) is 4.98 Å².